The zero-order valence-electron chi connectivity index (χ0n) is 51.3. The number of primary amides is 1. The second-order valence-corrected chi connectivity index (χ2v) is 26.3. The summed E-state index contributed by atoms with van der Waals surface area (Å²) >= 11 is 0. The molecule has 0 unspecified atom stereocenters. The second-order valence-electron chi connectivity index (χ2n) is 26.3. The highest BCUT2D eigenvalue weighted by atomic mass is 16.2. The van der Waals surface area contributed by atoms with Crippen LogP contribution in [-0.2, 0) is 43.2 Å². The zero-order chi connectivity index (χ0) is 61.1. The molecule has 6 fully saturated rings. The summed E-state index contributed by atoms with van der Waals surface area (Å²) in [5, 5.41) is 25.5. The van der Waals surface area contributed by atoms with Gasteiger partial charge >= 0.3 is 0 Å². The summed E-state index contributed by atoms with van der Waals surface area (Å²) in [6.07, 6.45) is 24.2. The molecule has 0 aromatic rings. The van der Waals surface area contributed by atoms with Crippen LogP contribution in [0.15, 0.2) is 0 Å². The van der Waals surface area contributed by atoms with E-state index in [4.69, 9.17) is 28.7 Å². The quantitative estimate of drug-likeness (QED) is 0.0430. The van der Waals surface area contributed by atoms with Crippen molar-refractivity contribution in [2.75, 3.05) is 19.6 Å². The van der Waals surface area contributed by atoms with Gasteiger partial charge in [0.15, 0.2) is 0 Å². The lowest BCUT2D eigenvalue weighted by atomic mass is 9.80. The number of carbonyl (C=O) groups excluding carboxylic acids is 9. The summed E-state index contributed by atoms with van der Waals surface area (Å²) in [4.78, 5) is 124. The third kappa shape index (κ3) is 22.6. The third-order valence-electron chi connectivity index (χ3n) is 19.7. The van der Waals surface area contributed by atoms with E-state index < -0.39 is 77.8 Å². The molecule has 22 nitrogen and oxygen atoms in total. The number of carbonyl (C=O) groups is 9. The van der Waals surface area contributed by atoms with E-state index in [9.17, 15) is 43.2 Å². The van der Waals surface area contributed by atoms with Gasteiger partial charge in [-0.25, -0.2) is 0 Å². The molecule has 6 aliphatic rings. The smallest absolute Gasteiger partial charge is 0.225 e. The van der Waals surface area contributed by atoms with E-state index >= 15 is 0 Å². The summed E-state index contributed by atoms with van der Waals surface area (Å²) in [7, 11) is 0. The van der Waals surface area contributed by atoms with Crippen molar-refractivity contribution in [3.8, 4) is 0 Å². The van der Waals surface area contributed by atoms with Crippen LogP contribution in [0, 0.1) is 35.5 Å². The van der Waals surface area contributed by atoms with Gasteiger partial charge in [0.05, 0.1) is 35.5 Å². The first-order chi connectivity index (χ1) is 41.1. The molecule has 0 aromatic heterocycles. The maximum atomic E-state index is 14.4. The molecule has 22 heteroatoms. The van der Waals surface area contributed by atoms with Crippen molar-refractivity contribution in [3.05, 3.63) is 0 Å². The molecule has 15 atom stereocenters. The van der Waals surface area contributed by atoms with E-state index in [0.29, 0.717) is 116 Å². The average molecular weight is 1190 g/mol. The summed E-state index contributed by atoms with van der Waals surface area (Å²) in [6, 6.07) is -3.56. The molecule has 0 saturated heterocycles. The Morgan fingerprint density at radius 3 is 0.882 bits per heavy atom. The van der Waals surface area contributed by atoms with Crippen LogP contribution in [0.5, 0.6) is 0 Å². The fourth-order valence-corrected chi connectivity index (χ4v) is 14.9. The number of rotatable bonds is 32. The summed E-state index contributed by atoms with van der Waals surface area (Å²) in [5.74, 6) is -4.73. The van der Waals surface area contributed by atoms with Crippen LogP contribution < -0.4 is 71.2 Å². The molecule has 0 spiro atoms. The molecule has 0 aliphatic heterocycles. The lowest BCUT2D eigenvalue weighted by Crippen LogP contribution is -2.56. The minimum atomic E-state index is -0.531. The van der Waals surface area contributed by atoms with Crippen molar-refractivity contribution in [1.82, 2.24) is 42.5 Å². The van der Waals surface area contributed by atoms with Gasteiger partial charge in [-0.15, -0.1) is 0 Å². The fraction of sp³-hybridized carbons (Fsp3) is 0.857. The van der Waals surface area contributed by atoms with Gasteiger partial charge in [-0.3, -0.25) is 43.2 Å². The standard InChI is InChI=1S/C63H111N13O9/c64-34-16-13-19-40(37-55(68)77)69-59(81)47-26-5-11-32-53(47)75-62(84)44-23-2-8-29-50(44)72-57(79)39-42(21-15-18-36-66)71-61(83)48-27-6-12-33-54(48)76-63(85)45-24-3-9-30-51(45)73-56(78)38-41(20-14-17-35-65)70-60(82)46-25-4-10-31-52(46)74-58(80)43-22-1-7-28-49(43)67/h40-54H,1-39,64-67H2,(H2,68,77)(H,69,81)(H,70,82)(H,71,83)(H,72,79)(H,73,78)(H,74,80)(H,75,84)(H,76,85)/t40-,41-,42-,43-,44-,45-,46-,47-,48-,49-,50-,51-,52-,53-,54-/m0/s1. The molecular weight excluding hydrogens is 1080 g/mol. The molecule has 0 heterocycles. The van der Waals surface area contributed by atoms with Crippen molar-refractivity contribution in [3.63, 3.8) is 0 Å². The highest BCUT2D eigenvalue weighted by Gasteiger charge is 2.42. The lowest BCUT2D eigenvalue weighted by molar-refractivity contribution is -0.133. The summed E-state index contributed by atoms with van der Waals surface area (Å²) in [5.41, 5.74) is 29.3. The molecule has 6 saturated carbocycles. The Bertz CT molecular complexity index is 2160. The van der Waals surface area contributed by atoms with Gasteiger partial charge in [-0.05, 0) is 135 Å². The average Bonchev–Trinajstić information content (AvgIpc) is 3.40. The zero-order valence-corrected chi connectivity index (χ0v) is 51.3. The number of nitrogens with two attached hydrogens (primary N) is 5. The summed E-state index contributed by atoms with van der Waals surface area (Å²) in [6.45, 7) is 1.46. The van der Waals surface area contributed by atoms with Crippen LogP contribution in [0.2, 0.25) is 0 Å². The Balaban J connectivity index is 1.03. The van der Waals surface area contributed by atoms with Crippen LogP contribution in [0.1, 0.15) is 231 Å². The minimum absolute atomic E-state index is 0.00378. The first kappa shape index (κ1) is 69.2. The van der Waals surface area contributed by atoms with Gasteiger partial charge in [0.1, 0.15) is 0 Å². The number of amides is 9. The predicted octanol–water partition coefficient (Wildman–Crippen LogP) is 3.38. The van der Waals surface area contributed by atoms with Crippen LogP contribution in [0.25, 0.3) is 0 Å². The number of hydrogen-bond acceptors (Lipinski definition) is 13. The maximum Gasteiger partial charge on any atom is 0.225 e. The first-order valence-electron chi connectivity index (χ1n) is 33.6. The molecule has 0 aromatic carbocycles. The third-order valence-corrected chi connectivity index (χ3v) is 19.7. The molecule has 0 bridgehead atoms. The Morgan fingerprint density at radius 1 is 0.318 bits per heavy atom. The van der Waals surface area contributed by atoms with Crippen molar-refractivity contribution in [1.29, 1.82) is 0 Å². The van der Waals surface area contributed by atoms with Crippen LogP contribution in [0.4, 0.5) is 0 Å². The lowest BCUT2D eigenvalue weighted by Gasteiger charge is -2.37. The van der Waals surface area contributed by atoms with E-state index in [1.54, 1.807) is 0 Å². The number of unbranched alkanes of at least 4 members (excludes halogenated alkanes) is 3. The van der Waals surface area contributed by atoms with Crippen LogP contribution in [0.3, 0.4) is 0 Å². The number of hydrogen-bond donors (Lipinski definition) is 13. The monoisotopic (exact) mass is 1190 g/mol. The van der Waals surface area contributed by atoms with Gasteiger partial charge in [-0.2, -0.15) is 0 Å². The Morgan fingerprint density at radius 2 is 0.576 bits per heavy atom. The Kier molecular flexibility index (Phi) is 30.1. The van der Waals surface area contributed by atoms with Crippen molar-refractivity contribution < 1.29 is 43.2 Å². The molecule has 9 amide bonds. The molecular formula is C63H111N13O9. The van der Waals surface area contributed by atoms with Crippen molar-refractivity contribution in [2.45, 2.75) is 286 Å². The van der Waals surface area contributed by atoms with Gasteiger partial charge < -0.3 is 71.2 Å². The highest BCUT2D eigenvalue weighted by Crippen LogP contribution is 2.33. The van der Waals surface area contributed by atoms with E-state index in [1.807, 2.05) is 0 Å². The number of nitrogens with one attached hydrogen (secondary N) is 8. The molecule has 6 aliphatic carbocycles. The highest BCUT2D eigenvalue weighted by molar-refractivity contribution is 5.87. The largest absolute Gasteiger partial charge is 0.370 e. The normalized spacial score (nSPS) is 29.1. The topological polar surface area (TPSA) is 380 Å². The van der Waals surface area contributed by atoms with Crippen molar-refractivity contribution >= 4 is 53.2 Å². The van der Waals surface area contributed by atoms with Gasteiger partial charge in [0.2, 0.25) is 53.2 Å². The molecule has 85 heavy (non-hydrogen) atoms. The van der Waals surface area contributed by atoms with Gasteiger partial charge in [-0.1, -0.05) is 96.3 Å². The van der Waals surface area contributed by atoms with Gasteiger partial charge in [0.25, 0.3) is 0 Å². The van der Waals surface area contributed by atoms with Crippen LogP contribution >= 0.6 is 0 Å². The Labute approximate surface area is 506 Å². The van der Waals surface area contributed by atoms with Crippen LogP contribution in [-0.4, -0.2) is 127 Å². The molecule has 6 rings (SSSR count). The van der Waals surface area contributed by atoms with E-state index in [-0.39, 0.29) is 84.5 Å². The maximum absolute atomic E-state index is 14.4. The molecule has 0 radical (unpaired) electrons. The first-order valence-corrected chi connectivity index (χ1v) is 33.6. The predicted molar refractivity (Wildman–Crippen MR) is 327 cm³/mol. The van der Waals surface area contributed by atoms with E-state index in [2.05, 4.69) is 42.5 Å². The van der Waals surface area contributed by atoms with E-state index in [0.717, 1.165) is 116 Å². The SMILES string of the molecule is NCCCC[C@@H](CC(N)=O)NC(=O)[C@H]1CCCC[C@@H]1NC(=O)[C@H]1CCCC[C@@H]1NC(=O)C[C@H](CCCCN)NC(=O)[C@H]1CCCC[C@@H]1NC(=O)[C@H]1CCCC[C@@H]1NC(=O)C[C@H](CCCCN)NC(=O)[C@H]1CCCC[C@@H]1NC(=O)[C@H]1CCCC[C@@H]1N. The second kappa shape index (κ2) is 37.0. The van der Waals surface area contributed by atoms with Crippen molar-refractivity contribution in [2.24, 2.45) is 64.2 Å². The molecule has 18 N–H and O–H groups in total. The summed E-state index contributed by atoms with van der Waals surface area (Å²) < 4.78 is 0. The Hall–Kier alpha value is -4.93. The minimum Gasteiger partial charge on any atom is -0.370 e. The fourth-order valence-electron chi connectivity index (χ4n) is 14.9. The molecule has 482 valence electrons. The van der Waals surface area contributed by atoms with Gasteiger partial charge in [0, 0.05) is 73.6 Å². The van der Waals surface area contributed by atoms with E-state index in [1.165, 1.54) is 0 Å².